The third-order valence-electron chi connectivity index (χ3n) is 3.13. The van der Waals surface area contributed by atoms with Crippen LogP contribution in [0.2, 0.25) is 0 Å². The smallest absolute Gasteiger partial charge is 0.166 e. The molecule has 0 N–H and O–H groups in total. The van der Waals surface area contributed by atoms with E-state index in [9.17, 15) is 9.18 Å². The molecule has 0 saturated carbocycles. The predicted octanol–water partition coefficient (Wildman–Crippen LogP) is 4.77. The molecule has 2 aromatic rings. The Bertz CT molecular complexity index is 603. The Kier molecular flexibility index (Phi) is 4.51. The normalized spacial score (nSPS) is 10.3. The molecule has 0 fully saturated rings. The number of Topliss-reactive ketones (excluding diaryl/α,β-unsaturated/α-hetero) is 1. The lowest BCUT2D eigenvalue weighted by atomic mass is 10.1. The number of ether oxygens (including phenoxy) is 1. The minimum atomic E-state index is -0.524. The van der Waals surface area contributed by atoms with Gasteiger partial charge in [-0.15, -0.1) is 0 Å². The Morgan fingerprint density at radius 3 is 2.35 bits per heavy atom. The van der Waals surface area contributed by atoms with Crippen LogP contribution in [0.5, 0.6) is 11.5 Å². The molecule has 0 amide bonds. The third-order valence-corrected chi connectivity index (χ3v) is 3.13. The van der Waals surface area contributed by atoms with E-state index in [2.05, 4.69) is 6.92 Å². The molecule has 20 heavy (non-hydrogen) atoms. The van der Waals surface area contributed by atoms with Crippen LogP contribution >= 0.6 is 0 Å². The molecule has 0 aliphatic heterocycles. The monoisotopic (exact) mass is 272 g/mol. The van der Waals surface area contributed by atoms with E-state index in [4.69, 9.17) is 4.74 Å². The van der Waals surface area contributed by atoms with Crippen LogP contribution < -0.4 is 4.74 Å². The van der Waals surface area contributed by atoms with Crippen LogP contribution in [0.15, 0.2) is 42.5 Å². The summed E-state index contributed by atoms with van der Waals surface area (Å²) in [5.41, 5.74) is 1.57. The van der Waals surface area contributed by atoms with Gasteiger partial charge in [0.25, 0.3) is 0 Å². The van der Waals surface area contributed by atoms with E-state index in [0.29, 0.717) is 17.7 Å². The predicted molar refractivity (Wildman–Crippen MR) is 76.9 cm³/mol. The van der Waals surface area contributed by atoms with Crippen molar-refractivity contribution in [3.05, 3.63) is 59.4 Å². The second kappa shape index (κ2) is 6.33. The topological polar surface area (TPSA) is 26.3 Å². The van der Waals surface area contributed by atoms with Gasteiger partial charge < -0.3 is 4.74 Å². The quantitative estimate of drug-likeness (QED) is 0.733. The molecule has 2 nitrogen and oxygen atoms in total. The summed E-state index contributed by atoms with van der Waals surface area (Å²) in [4.78, 5) is 11.5. The van der Waals surface area contributed by atoms with E-state index in [0.717, 1.165) is 6.42 Å². The SMILES string of the molecule is CCC(=O)c1ccc(Oc2ccc(CC)cc2)c(F)c1. The molecule has 0 atom stereocenters. The van der Waals surface area contributed by atoms with E-state index >= 15 is 0 Å². The van der Waals surface area contributed by atoms with Crippen LogP contribution in [0, 0.1) is 5.82 Å². The van der Waals surface area contributed by atoms with Crippen molar-refractivity contribution >= 4 is 5.78 Å². The summed E-state index contributed by atoms with van der Waals surface area (Å²) in [7, 11) is 0. The summed E-state index contributed by atoms with van der Waals surface area (Å²) in [5, 5.41) is 0. The molecule has 0 spiro atoms. The fourth-order valence-corrected chi connectivity index (χ4v) is 1.88. The maximum atomic E-state index is 13.9. The third kappa shape index (κ3) is 3.23. The van der Waals surface area contributed by atoms with Gasteiger partial charge in [0.2, 0.25) is 0 Å². The highest BCUT2D eigenvalue weighted by Gasteiger charge is 2.09. The summed E-state index contributed by atoms with van der Waals surface area (Å²) in [5.74, 6) is 0.101. The Morgan fingerprint density at radius 1 is 1.10 bits per heavy atom. The number of carbonyl (C=O) groups is 1. The number of aryl methyl sites for hydroxylation is 1. The van der Waals surface area contributed by atoms with Gasteiger partial charge in [0.1, 0.15) is 5.75 Å². The molecular formula is C17H17FO2. The van der Waals surface area contributed by atoms with Crippen molar-refractivity contribution in [2.45, 2.75) is 26.7 Å². The highest BCUT2D eigenvalue weighted by molar-refractivity contribution is 5.95. The lowest BCUT2D eigenvalue weighted by Gasteiger charge is -2.08. The van der Waals surface area contributed by atoms with Gasteiger partial charge in [0.05, 0.1) is 0 Å². The molecule has 104 valence electrons. The Balaban J connectivity index is 2.18. The Morgan fingerprint density at radius 2 is 1.80 bits per heavy atom. The zero-order valence-corrected chi connectivity index (χ0v) is 11.7. The highest BCUT2D eigenvalue weighted by Crippen LogP contribution is 2.25. The van der Waals surface area contributed by atoms with Gasteiger partial charge in [-0.25, -0.2) is 4.39 Å². The first kappa shape index (κ1) is 14.3. The molecule has 0 heterocycles. The number of rotatable bonds is 5. The van der Waals surface area contributed by atoms with E-state index in [-0.39, 0.29) is 11.5 Å². The first-order valence-electron chi connectivity index (χ1n) is 6.73. The van der Waals surface area contributed by atoms with Crippen molar-refractivity contribution in [1.82, 2.24) is 0 Å². The van der Waals surface area contributed by atoms with Crippen molar-refractivity contribution < 1.29 is 13.9 Å². The van der Waals surface area contributed by atoms with E-state index in [1.807, 2.05) is 24.3 Å². The van der Waals surface area contributed by atoms with Gasteiger partial charge in [-0.2, -0.15) is 0 Å². The van der Waals surface area contributed by atoms with Crippen LogP contribution in [0.1, 0.15) is 36.2 Å². The van der Waals surface area contributed by atoms with Crippen LogP contribution in [-0.4, -0.2) is 5.78 Å². The van der Waals surface area contributed by atoms with Crippen LogP contribution in [0.3, 0.4) is 0 Å². The zero-order valence-electron chi connectivity index (χ0n) is 11.7. The summed E-state index contributed by atoms with van der Waals surface area (Å²) >= 11 is 0. The fourth-order valence-electron chi connectivity index (χ4n) is 1.88. The van der Waals surface area contributed by atoms with Gasteiger partial charge in [0, 0.05) is 12.0 Å². The summed E-state index contributed by atoms with van der Waals surface area (Å²) in [6.45, 7) is 3.82. The van der Waals surface area contributed by atoms with Gasteiger partial charge in [-0.3, -0.25) is 4.79 Å². The van der Waals surface area contributed by atoms with Crippen molar-refractivity contribution in [1.29, 1.82) is 0 Å². The van der Waals surface area contributed by atoms with E-state index < -0.39 is 5.82 Å². The summed E-state index contributed by atoms with van der Waals surface area (Å²) in [6, 6.07) is 11.8. The second-order valence-electron chi connectivity index (χ2n) is 4.52. The molecule has 3 heteroatoms. The Labute approximate surface area is 118 Å². The maximum Gasteiger partial charge on any atom is 0.166 e. The molecule has 0 radical (unpaired) electrons. The van der Waals surface area contributed by atoms with Gasteiger partial charge in [-0.05, 0) is 42.3 Å². The lowest BCUT2D eigenvalue weighted by molar-refractivity contribution is 0.0987. The number of ketones is 1. The van der Waals surface area contributed by atoms with E-state index in [1.165, 1.54) is 17.7 Å². The van der Waals surface area contributed by atoms with Crippen LogP contribution in [-0.2, 0) is 6.42 Å². The molecule has 0 aliphatic carbocycles. The highest BCUT2D eigenvalue weighted by atomic mass is 19.1. The van der Waals surface area contributed by atoms with Gasteiger partial charge in [-0.1, -0.05) is 26.0 Å². The largest absolute Gasteiger partial charge is 0.454 e. The van der Waals surface area contributed by atoms with Gasteiger partial charge in [0.15, 0.2) is 17.3 Å². The lowest BCUT2D eigenvalue weighted by Crippen LogP contribution is -1.98. The number of benzene rings is 2. The molecule has 0 bridgehead atoms. The fraction of sp³-hybridized carbons (Fsp3) is 0.235. The van der Waals surface area contributed by atoms with Crippen LogP contribution in [0.4, 0.5) is 4.39 Å². The van der Waals surface area contributed by atoms with Crippen LogP contribution in [0.25, 0.3) is 0 Å². The molecule has 2 rings (SSSR count). The first-order chi connectivity index (χ1) is 9.63. The van der Waals surface area contributed by atoms with Crippen molar-refractivity contribution in [3.63, 3.8) is 0 Å². The minimum absolute atomic E-state index is 0.0808. The second-order valence-corrected chi connectivity index (χ2v) is 4.52. The zero-order chi connectivity index (χ0) is 14.5. The minimum Gasteiger partial charge on any atom is -0.454 e. The molecule has 0 saturated heterocycles. The van der Waals surface area contributed by atoms with Crippen molar-refractivity contribution in [2.24, 2.45) is 0 Å². The number of carbonyl (C=O) groups excluding carboxylic acids is 1. The molecule has 0 aliphatic rings. The first-order valence-corrected chi connectivity index (χ1v) is 6.73. The summed E-state index contributed by atoms with van der Waals surface area (Å²) in [6.07, 6.45) is 1.31. The molecule has 0 aromatic heterocycles. The number of hydrogen-bond acceptors (Lipinski definition) is 2. The van der Waals surface area contributed by atoms with Gasteiger partial charge >= 0.3 is 0 Å². The van der Waals surface area contributed by atoms with Crippen molar-refractivity contribution in [2.75, 3.05) is 0 Å². The van der Waals surface area contributed by atoms with E-state index in [1.54, 1.807) is 13.0 Å². The maximum absolute atomic E-state index is 13.9. The van der Waals surface area contributed by atoms with Crippen molar-refractivity contribution in [3.8, 4) is 11.5 Å². The number of halogens is 1. The Hall–Kier alpha value is -2.16. The average Bonchev–Trinajstić information content (AvgIpc) is 2.49. The molecule has 0 unspecified atom stereocenters. The average molecular weight is 272 g/mol. The molecular weight excluding hydrogens is 255 g/mol. The standard InChI is InChI=1S/C17H17FO2/c1-3-12-5-8-14(9-6-12)20-17-10-7-13(11-15(17)18)16(19)4-2/h5-11H,3-4H2,1-2H3. The number of hydrogen-bond donors (Lipinski definition) is 0. The summed E-state index contributed by atoms with van der Waals surface area (Å²) < 4.78 is 19.4. The molecule has 2 aromatic carbocycles.